The minimum atomic E-state index is -3.83. The van der Waals surface area contributed by atoms with E-state index in [-0.39, 0.29) is 23.7 Å². The lowest BCUT2D eigenvalue weighted by Crippen LogP contribution is -2.37. The predicted octanol–water partition coefficient (Wildman–Crippen LogP) is 1.30. The second-order valence-electron chi connectivity index (χ2n) is 4.45. The molecule has 1 aliphatic heterocycles. The Labute approximate surface area is 120 Å². The molecule has 2 aromatic rings. The van der Waals surface area contributed by atoms with E-state index in [1.807, 2.05) is 0 Å². The van der Waals surface area contributed by atoms with Gasteiger partial charge in [-0.2, -0.15) is 0 Å². The number of carboxylic acids is 1. The van der Waals surface area contributed by atoms with Crippen molar-refractivity contribution < 1.29 is 23.1 Å². The third-order valence-corrected chi connectivity index (χ3v) is 4.95. The standard InChI is InChI=1S/C13H12N2O5S/c16-13(17)10-7-9(8-14-10)21(18,19)15-5-6-20-12-4-2-1-3-11(12)15/h1-4,7-8,14H,5-6H2,(H,16,17). The van der Waals surface area contributed by atoms with Crippen LogP contribution in [0, 0.1) is 0 Å². The van der Waals surface area contributed by atoms with Crippen molar-refractivity contribution >= 4 is 21.7 Å². The number of aromatic amines is 1. The number of aromatic carboxylic acids is 1. The van der Waals surface area contributed by atoms with Crippen molar-refractivity contribution in [3.8, 4) is 5.75 Å². The monoisotopic (exact) mass is 308 g/mol. The third-order valence-electron chi connectivity index (χ3n) is 3.16. The van der Waals surface area contributed by atoms with Gasteiger partial charge in [0.05, 0.1) is 12.2 Å². The molecule has 0 spiro atoms. The van der Waals surface area contributed by atoms with Crippen LogP contribution in [0.15, 0.2) is 41.4 Å². The van der Waals surface area contributed by atoms with Gasteiger partial charge >= 0.3 is 5.97 Å². The fraction of sp³-hybridized carbons (Fsp3) is 0.154. The number of carboxylic acid groups (broad SMARTS) is 1. The summed E-state index contributed by atoms with van der Waals surface area (Å²) >= 11 is 0. The summed E-state index contributed by atoms with van der Waals surface area (Å²) in [6.07, 6.45) is 1.18. The van der Waals surface area contributed by atoms with Gasteiger partial charge in [0.15, 0.2) is 0 Å². The molecule has 0 saturated carbocycles. The predicted molar refractivity (Wildman–Crippen MR) is 74.2 cm³/mol. The zero-order valence-corrected chi connectivity index (χ0v) is 11.6. The number of hydrogen-bond donors (Lipinski definition) is 2. The number of fused-ring (bicyclic) bond motifs is 1. The van der Waals surface area contributed by atoms with Crippen molar-refractivity contribution in [1.29, 1.82) is 0 Å². The highest BCUT2D eigenvalue weighted by Gasteiger charge is 2.31. The van der Waals surface area contributed by atoms with Gasteiger partial charge < -0.3 is 14.8 Å². The molecule has 3 rings (SSSR count). The van der Waals surface area contributed by atoms with E-state index in [4.69, 9.17) is 9.84 Å². The molecule has 1 aromatic carbocycles. The molecule has 2 heterocycles. The van der Waals surface area contributed by atoms with Crippen LogP contribution < -0.4 is 9.04 Å². The van der Waals surface area contributed by atoms with Crippen molar-refractivity contribution in [2.24, 2.45) is 0 Å². The Balaban J connectivity index is 2.05. The van der Waals surface area contributed by atoms with Gasteiger partial charge in [0.1, 0.15) is 22.9 Å². The number of nitrogens with zero attached hydrogens (tertiary/aromatic N) is 1. The summed E-state index contributed by atoms with van der Waals surface area (Å²) in [7, 11) is -3.83. The summed E-state index contributed by atoms with van der Waals surface area (Å²) in [5.74, 6) is -0.722. The van der Waals surface area contributed by atoms with Crippen LogP contribution in [0.1, 0.15) is 10.5 Å². The van der Waals surface area contributed by atoms with E-state index in [2.05, 4.69) is 4.98 Å². The van der Waals surface area contributed by atoms with Crippen LogP contribution in [0.3, 0.4) is 0 Å². The quantitative estimate of drug-likeness (QED) is 0.890. The van der Waals surface area contributed by atoms with Gasteiger partial charge in [-0.25, -0.2) is 13.2 Å². The number of anilines is 1. The Bertz CT molecular complexity index is 796. The number of aromatic nitrogens is 1. The Hall–Kier alpha value is -2.48. The summed E-state index contributed by atoms with van der Waals surface area (Å²) in [5, 5.41) is 8.87. The maximum atomic E-state index is 12.6. The number of benzene rings is 1. The molecule has 1 aliphatic rings. The molecule has 1 aromatic heterocycles. The zero-order chi connectivity index (χ0) is 15.0. The summed E-state index contributed by atoms with van der Waals surface area (Å²) < 4.78 is 31.9. The van der Waals surface area contributed by atoms with Gasteiger partial charge in [-0.1, -0.05) is 12.1 Å². The molecule has 110 valence electrons. The van der Waals surface area contributed by atoms with Crippen LogP contribution in [-0.2, 0) is 10.0 Å². The molecule has 21 heavy (non-hydrogen) atoms. The Morgan fingerprint density at radius 2 is 2.10 bits per heavy atom. The first-order valence-corrected chi connectivity index (χ1v) is 7.60. The summed E-state index contributed by atoms with van der Waals surface area (Å²) in [4.78, 5) is 13.2. The fourth-order valence-electron chi connectivity index (χ4n) is 2.17. The van der Waals surface area contributed by atoms with Crippen LogP contribution in [0.25, 0.3) is 0 Å². The van der Waals surface area contributed by atoms with Crippen LogP contribution in [0.5, 0.6) is 5.75 Å². The summed E-state index contributed by atoms with van der Waals surface area (Å²) in [6.45, 7) is 0.416. The van der Waals surface area contributed by atoms with Gasteiger partial charge in [0.2, 0.25) is 0 Å². The van der Waals surface area contributed by atoms with Gasteiger partial charge in [-0.05, 0) is 18.2 Å². The van der Waals surface area contributed by atoms with E-state index < -0.39 is 16.0 Å². The highest BCUT2D eigenvalue weighted by molar-refractivity contribution is 7.92. The van der Waals surface area contributed by atoms with Crippen molar-refractivity contribution in [2.75, 3.05) is 17.5 Å². The molecule has 7 nitrogen and oxygen atoms in total. The van der Waals surface area contributed by atoms with Crippen molar-refractivity contribution in [1.82, 2.24) is 4.98 Å². The molecule has 0 fully saturated rings. The highest BCUT2D eigenvalue weighted by atomic mass is 32.2. The van der Waals surface area contributed by atoms with Crippen molar-refractivity contribution in [3.05, 3.63) is 42.2 Å². The second-order valence-corrected chi connectivity index (χ2v) is 6.31. The summed E-state index contributed by atoms with van der Waals surface area (Å²) in [6, 6.07) is 7.92. The van der Waals surface area contributed by atoms with Gasteiger partial charge in [0.25, 0.3) is 10.0 Å². The first-order chi connectivity index (χ1) is 10.00. The minimum Gasteiger partial charge on any atom is -0.489 e. The van der Waals surface area contributed by atoms with Gasteiger partial charge in [-0.3, -0.25) is 4.31 Å². The largest absolute Gasteiger partial charge is 0.489 e. The van der Waals surface area contributed by atoms with Crippen LogP contribution >= 0.6 is 0 Å². The number of H-pyrrole nitrogens is 1. The van der Waals surface area contributed by atoms with E-state index in [9.17, 15) is 13.2 Å². The number of hydrogen-bond acceptors (Lipinski definition) is 4. The normalized spacial score (nSPS) is 14.4. The minimum absolute atomic E-state index is 0.0865. The first kappa shape index (κ1) is 13.5. The third kappa shape index (κ3) is 2.23. The average Bonchev–Trinajstić information content (AvgIpc) is 2.97. The number of nitrogens with one attached hydrogen (secondary N) is 1. The molecular formula is C13H12N2O5S. The van der Waals surface area contributed by atoms with Crippen LogP contribution in [-0.4, -0.2) is 37.6 Å². The van der Waals surface area contributed by atoms with Crippen molar-refractivity contribution in [2.45, 2.75) is 4.90 Å². The number of rotatable bonds is 3. The lowest BCUT2D eigenvalue weighted by molar-refractivity contribution is 0.0691. The maximum Gasteiger partial charge on any atom is 0.352 e. The van der Waals surface area contributed by atoms with E-state index in [0.717, 1.165) is 6.07 Å². The van der Waals surface area contributed by atoms with Crippen LogP contribution in [0.2, 0.25) is 0 Å². The highest BCUT2D eigenvalue weighted by Crippen LogP contribution is 2.34. The Morgan fingerprint density at radius 1 is 1.33 bits per heavy atom. The topological polar surface area (TPSA) is 99.7 Å². The molecule has 2 N–H and O–H groups in total. The number of sulfonamides is 1. The molecule has 0 radical (unpaired) electrons. The average molecular weight is 308 g/mol. The van der Waals surface area contributed by atoms with E-state index in [1.54, 1.807) is 24.3 Å². The number of carbonyl (C=O) groups is 1. The lowest BCUT2D eigenvalue weighted by Gasteiger charge is -2.29. The zero-order valence-electron chi connectivity index (χ0n) is 10.8. The second kappa shape index (κ2) is 4.81. The Morgan fingerprint density at radius 3 is 2.81 bits per heavy atom. The van der Waals surface area contributed by atoms with Gasteiger partial charge in [0, 0.05) is 6.20 Å². The first-order valence-electron chi connectivity index (χ1n) is 6.16. The van der Waals surface area contributed by atoms with Gasteiger partial charge in [-0.15, -0.1) is 0 Å². The SMILES string of the molecule is O=C(O)c1cc(S(=O)(=O)N2CCOc3ccccc32)c[nH]1. The molecule has 0 amide bonds. The number of ether oxygens (including phenoxy) is 1. The molecule has 0 saturated heterocycles. The molecule has 0 unspecified atom stereocenters. The molecule has 0 aliphatic carbocycles. The summed E-state index contributed by atoms with van der Waals surface area (Å²) in [5.41, 5.74) is 0.275. The molecule has 0 bridgehead atoms. The fourth-order valence-corrected chi connectivity index (χ4v) is 3.62. The lowest BCUT2D eigenvalue weighted by atomic mass is 10.2. The molecule has 0 atom stereocenters. The van der Waals surface area contributed by atoms with E-state index in [1.165, 1.54) is 10.5 Å². The van der Waals surface area contributed by atoms with E-state index >= 15 is 0 Å². The maximum absolute atomic E-state index is 12.6. The Kier molecular flexibility index (Phi) is 3.09. The van der Waals surface area contributed by atoms with E-state index in [0.29, 0.717) is 11.4 Å². The molecule has 8 heteroatoms. The smallest absolute Gasteiger partial charge is 0.352 e. The molecular weight excluding hydrogens is 296 g/mol. The number of para-hydroxylation sites is 2. The van der Waals surface area contributed by atoms with Crippen LogP contribution in [0.4, 0.5) is 5.69 Å². The van der Waals surface area contributed by atoms with Crippen molar-refractivity contribution in [3.63, 3.8) is 0 Å².